The molecule has 164 valence electrons. The van der Waals surface area contributed by atoms with Crippen molar-refractivity contribution in [2.45, 2.75) is 26.4 Å². The minimum absolute atomic E-state index is 0.128. The van der Waals surface area contributed by atoms with Crippen LogP contribution < -0.4 is 14.8 Å². The third-order valence-corrected chi connectivity index (χ3v) is 5.33. The van der Waals surface area contributed by atoms with E-state index in [-0.39, 0.29) is 12.0 Å². The van der Waals surface area contributed by atoms with Crippen LogP contribution in [0, 0.1) is 0 Å². The predicted molar refractivity (Wildman–Crippen MR) is 125 cm³/mol. The van der Waals surface area contributed by atoms with Crippen LogP contribution in [0.4, 0.5) is 5.69 Å². The molecule has 0 aliphatic heterocycles. The highest BCUT2D eigenvalue weighted by Gasteiger charge is 2.11. The first-order valence-electron chi connectivity index (χ1n) is 10.3. The summed E-state index contributed by atoms with van der Waals surface area (Å²) in [7, 11) is 1.56. The molecule has 8 heteroatoms. The Kier molecular flexibility index (Phi) is 6.28. The SMILES string of the molecule is CCC(C)Oc1ccc(C(=O)Nc2ccc3nn(-c4ccc(OC)c(Cl)c4)nc3c2)cc1. The van der Waals surface area contributed by atoms with Gasteiger partial charge in [0.25, 0.3) is 5.91 Å². The highest BCUT2D eigenvalue weighted by Crippen LogP contribution is 2.27. The van der Waals surface area contributed by atoms with Gasteiger partial charge in [0, 0.05) is 11.3 Å². The third kappa shape index (κ3) is 4.68. The third-order valence-electron chi connectivity index (χ3n) is 5.03. The van der Waals surface area contributed by atoms with E-state index in [4.69, 9.17) is 21.1 Å². The molecule has 0 bridgehead atoms. The van der Waals surface area contributed by atoms with Gasteiger partial charge in [-0.25, -0.2) is 0 Å². The average molecular weight is 451 g/mol. The second-order valence-corrected chi connectivity index (χ2v) is 7.73. The summed E-state index contributed by atoms with van der Waals surface area (Å²) >= 11 is 6.21. The molecule has 3 aromatic carbocycles. The van der Waals surface area contributed by atoms with Gasteiger partial charge in [-0.1, -0.05) is 18.5 Å². The van der Waals surface area contributed by atoms with Crippen molar-refractivity contribution >= 4 is 34.2 Å². The van der Waals surface area contributed by atoms with Crippen LogP contribution in [0.25, 0.3) is 16.7 Å². The van der Waals surface area contributed by atoms with Crippen molar-refractivity contribution in [3.63, 3.8) is 0 Å². The largest absolute Gasteiger partial charge is 0.495 e. The summed E-state index contributed by atoms with van der Waals surface area (Å²) in [6, 6.07) is 17.8. The number of ether oxygens (including phenoxy) is 2. The Morgan fingerprint density at radius 2 is 1.81 bits per heavy atom. The molecule has 0 aliphatic rings. The number of nitrogens with one attached hydrogen (secondary N) is 1. The lowest BCUT2D eigenvalue weighted by molar-refractivity contribution is 0.102. The number of hydrogen-bond acceptors (Lipinski definition) is 5. The molecule has 1 aromatic heterocycles. The fourth-order valence-corrected chi connectivity index (χ4v) is 3.34. The van der Waals surface area contributed by atoms with Crippen LogP contribution in [0.3, 0.4) is 0 Å². The molecule has 0 aliphatic carbocycles. The summed E-state index contributed by atoms with van der Waals surface area (Å²) in [6.07, 6.45) is 1.05. The number of nitrogens with zero attached hydrogens (tertiary/aromatic N) is 3. The van der Waals surface area contributed by atoms with Crippen LogP contribution in [0.2, 0.25) is 5.02 Å². The van der Waals surface area contributed by atoms with Crippen molar-refractivity contribution in [3.8, 4) is 17.2 Å². The topological polar surface area (TPSA) is 78.3 Å². The molecule has 0 radical (unpaired) electrons. The minimum atomic E-state index is -0.214. The summed E-state index contributed by atoms with van der Waals surface area (Å²) < 4.78 is 10.9. The zero-order chi connectivity index (χ0) is 22.7. The Hall–Kier alpha value is -3.58. The van der Waals surface area contributed by atoms with E-state index in [2.05, 4.69) is 22.4 Å². The predicted octanol–water partition coefficient (Wildman–Crippen LogP) is 5.51. The Balaban J connectivity index is 1.50. The van der Waals surface area contributed by atoms with Gasteiger partial charge in [-0.2, -0.15) is 4.80 Å². The van der Waals surface area contributed by atoms with Crippen molar-refractivity contribution in [2.24, 2.45) is 0 Å². The van der Waals surface area contributed by atoms with Crippen molar-refractivity contribution in [3.05, 3.63) is 71.2 Å². The van der Waals surface area contributed by atoms with Crippen LogP contribution in [0.5, 0.6) is 11.5 Å². The summed E-state index contributed by atoms with van der Waals surface area (Å²) in [6.45, 7) is 4.07. The zero-order valence-electron chi connectivity index (χ0n) is 18.0. The molecule has 4 rings (SSSR count). The zero-order valence-corrected chi connectivity index (χ0v) is 18.8. The number of benzene rings is 3. The highest BCUT2D eigenvalue weighted by atomic mass is 35.5. The summed E-state index contributed by atoms with van der Waals surface area (Å²) in [5.74, 6) is 1.11. The lowest BCUT2D eigenvalue weighted by Crippen LogP contribution is -2.12. The number of anilines is 1. The number of rotatable bonds is 7. The minimum Gasteiger partial charge on any atom is -0.495 e. The number of amides is 1. The van der Waals surface area contributed by atoms with Crippen LogP contribution in [-0.4, -0.2) is 34.1 Å². The van der Waals surface area contributed by atoms with Gasteiger partial charge in [-0.05, 0) is 74.0 Å². The Morgan fingerprint density at radius 1 is 1.06 bits per heavy atom. The fraction of sp³-hybridized carbons (Fsp3) is 0.208. The molecule has 0 saturated carbocycles. The average Bonchev–Trinajstić information content (AvgIpc) is 3.23. The molecule has 0 spiro atoms. The first-order valence-corrected chi connectivity index (χ1v) is 10.6. The second kappa shape index (κ2) is 9.28. The monoisotopic (exact) mass is 450 g/mol. The number of halogens is 1. The van der Waals surface area contributed by atoms with Crippen LogP contribution >= 0.6 is 11.6 Å². The lowest BCUT2D eigenvalue weighted by Gasteiger charge is -2.12. The molecule has 4 aromatic rings. The molecule has 1 heterocycles. The van der Waals surface area contributed by atoms with Crippen molar-refractivity contribution in [2.75, 3.05) is 12.4 Å². The molecule has 7 nitrogen and oxygen atoms in total. The van der Waals surface area contributed by atoms with E-state index >= 15 is 0 Å². The summed E-state index contributed by atoms with van der Waals surface area (Å²) in [4.78, 5) is 14.1. The molecule has 1 amide bonds. The molecule has 1 unspecified atom stereocenters. The van der Waals surface area contributed by atoms with E-state index in [0.717, 1.165) is 12.2 Å². The standard InChI is InChI=1S/C24H23ClN4O3/c1-4-15(2)32-19-9-5-16(6-10-19)24(30)26-17-7-11-21-22(13-17)28-29(27-21)18-8-12-23(31-3)20(25)14-18/h5-15H,4H2,1-3H3,(H,26,30). The first kappa shape index (κ1) is 21.6. The summed E-state index contributed by atoms with van der Waals surface area (Å²) in [5.41, 5.74) is 3.21. The number of methoxy groups -OCH3 is 1. The van der Waals surface area contributed by atoms with Gasteiger partial charge in [-0.15, -0.1) is 10.2 Å². The number of aromatic nitrogens is 3. The van der Waals surface area contributed by atoms with Gasteiger partial charge < -0.3 is 14.8 Å². The maximum absolute atomic E-state index is 12.6. The van der Waals surface area contributed by atoms with E-state index < -0.39 is 0 Å². The second-order valence-electron chi connectivity index (χ2n) is 7.33. The quantitative estimate of drug-likeness (QED) is 0.401. The first-order chi connectivity index (χ1) is 15.5. The summed E-state index contributed by atoms with van der Waals surface area (Å²) in [5, 5.41) is 12.4. The van der Waals surface area contributed by atoms with Crippen LogP contribution in [0.15, 0.2) is 60.7 Å². The van der Waals surface area contributed by atoms with Crippen LogP contribution in [-0.2, 0) is 0 Å². The lowest BCUT2D eigenvalue weighted by atomic mass is 10.2. The highest BCUT2D eigenvalue weighted by molar-refractivity contribution is 6.32. The Morgan fingerprint density at radius 3 is 2.50 bits per heavy atom. The molecule has 1 N–H and O–H groups in total. The molecule has 0 saturated heterocycles. The normalized spacial score (nSPS) is 11.9. The number of carbonyl (C=O) groups is 1. The van der Waals surface area contributed by atoms with Crippen molar-refractivity contribution in [1.29, 1.82) is 0 Å². The van der Waals surface area contributed by atoms with E-state index in [0.29, 0.717) is 38.7 Å². The molecular weight excluding hydrogens is 428 g/mol. The van der Waals surface area contributed by atoms with E-state index in [1.165, 1.54) is 4.80 Å². The van der Waals surface area contributed by atoms with Crippen LogP contribution in [0.1, 0.15) is 30.6 Å². The smallest absolute Gasteiger partial charge is 0.255 e. The Bertz CT molecular complexity index is 1250. The van der Waals surface area contributed by atoms with Gasteiger partial charge in [0.2, 0.25) is 0 Å². The van der Waals surface area contributed by atoms with Crippen molar-refractivity contribution < 1.29 is 14.3 Å². The van der Waals surface area contributed by atoms with E-state index in [1.54, 1.807) is 55.6 Å². The number of hydrogen-bond donors (Lipinski definition) is 1. The molecule has 1 atom stereocenters. The molecule has 32 heavy (non-hydrogen) atoms. The molecule has 0 fully saturated rings. The molecular formula is C24H23ClN4O3. The van der Waals surface area contributed by atoms with Gasteiger partial charge >= 0.3 is 0 Å². The van der Waals surface area contributed by atoms with Crippen molar-refractivity contribution in [1.82, 2.24) is 15.0 Å². The Labute approximate surface area is 190 Å². The van der Waals surface area contributed by atoms with Gasteiger partial charge in [-0.3, -0.25) is 4.79 Å². The van der Waals surface area contributed by atoms with E-state index in [9.17, 15) is 4.79 Å². The van der Waals surface area contributed by atoms with Gasteiger partial charge in [0.1, 0.15) is 22.5 Å². The fourth-order valence-electron chi connectivity index (χ4n) is 3.09. The number of carbonyl (C=O) groups excluding carboxylic acids is 1. The maximum Gasteiger partial charge on any atom is 0.255 e. The maximum atomic E-state index is 12.6. The number of fused-ring (bicyclic) bond motifs is 1. The van der Waals surface area contributed by atoms with Gasteiger partial charge in [0.05, 0.1) is 23.9 Å². The van der Waals surface area contributed by atoms with Gasteiger partial charge in [0.15, 0.2) is 0 Å². The van der Waals surface area contributed by atoms with E-state index in [1.807, 2.05) is 19.1 Å².